The topological polar surface area (TPSA) is 20.2 Å². The summed E-state index contributed by atoms with van der Waals surface area (Å²) in [5, 5.41) is 9.37. The molecule has 1 nitrogen and oxygen atoms in total. The van der Waals surface area contributed by atoms with Crippen molar-refractivity contribution >= 4 is 0 Å². The SMILES string of the molecule is C=C/C(C#Cc1ccc(C#Cc2ccc(C)cc2)cc1C1CCCC1)=C\C=C(/C)O. The largest absolute Gasteiger partial charge is 0.513 e. The molecule has 1 saturated carbocycles. The normalized spacial score (nSPS) is 14.5. The molecule has 30 heavy (non-hydrogen) atoms. The van der Waals surface area contributed by atoms with E-state index < -0.39 is 0 Å². The standard InChI is InChI=1S/C29H28O/c1-4-24(14-11-23(3)30)17-19-28-20-18-26(21-29(28)27-7-5-6-8-27)16-15-25-12-9-22(2)10-13-25/h4,9-14,18,20-21,27,30H,1,5-8H2,2-3H3/b23-11+,24-14+. The highest BCUT2D eigenvalue weighted by Crippen LogP contribution is 2.36. The van der Waals surface area contributed by atoms with Crippen LogP contribution in [0.2, 0.25) is 0 Å². The first-order valence-corrected chi connectivity index (χ1v) is 10.5. The number of hydrogen-bond acceptors (Lipinski definition) is 1. The summed E-state index contributed by atoms with van der Waals surface area (Å²) in [6.45, 7) is 7.54. The molecule has 0 spiro atoms. The molecule has 0 unspecified atom stereocenters. The van der Waals surface area contributed by atoms with Crippen LogP contribution in [0.1, 0.15) is 66.3 Å². The highest BCUT2D eigenvalue weighted by atomic mass is 16.3. The Bertz CT molecular complexity index is 1080. The van der Waals surface area contributed by atoms with Gasteiger partial charge in [-0.15, -0.1) is 0 Å². The Morgan fingerprint density at radius 1 is 0.967 bits per heavy atom. The molecule has 0 heterocycles. The average molecular weight is 393 g/mol. The van der Waals surface area contributed by atoms with Crippen molar-refractivity contribution in [2.24, 2.45) is 0 Å². The lowest BCUT2D eigenvalue weighted by molar-refractivity contribution is 0.414. The molecule has 0 aliphatic heterocycles. The fraction of sp³-hybridized carbons (Fsp3) is 0.241. The van der Waals surface area contributed by atoms with E-state index in [1.165, 1.54) is 36.8 Å². The Labute approximate surface area is 180 Å². The quantitative estimate of drug-likeness (QED) is 0.339. The van der Waals surface area contributed by atoms with Crippen LogP contribution >= 0.6 is 0 Å². The number of aliphatic hydroxyl groups is 1. The zero-order chi connectivity index (χ0) is 21.3. The van der Waals surface area contributed by atoms with Crippen molar-refractivity contribution in [2.45, 2.75) is 45.4 Å². The summed E-state index contributed by atoms with van der Waals surface area (Å²) in [7, 11) is 0. The molecule has 0 radical (unpaired) electrons. The van der Waals surface area contributed by atoms with Gasteiger partial charge in [0.15, 0.2) is 0 Å². The zero-order valence-electron chi connectivity index (χ0n) is 17.8. The Morgan fingerprint density at radius 2 is 1.63 bits per heavy atom. The Balaban J connectivity index is 1.94. The van der Waals surface area contributed by atoms with Gasteiger partial charge in [0.1, 0.15) is 0 Å². The summed E-state index contributed by atoms with van der Waals surface area (Å²) < 4.78 is 0. The molecule has 0 bridgehead atoms. The molecule has 1 N–H and O–H groups in total. The Kier molecular flexibility index (Phi) is 7.37. The monoisotopic (exact) mass is 392 g/mol. The Morgan fingerprint density at radius 3 is 2.30 bits per heavy atom. The molecular weight excluding hydrogens is 364 g/mol. The van der Waals surface area contributed by atoms with Crippen molar-refractivity contribution < 1.29 is 5.11 Å². The fourth-order valence-corrected chi connectivity index (χ4v) is 3.62. The third-order valence-electron chi connectivity index (χ3n) is 5.31. The van der Waals surface area contributed by atoms with E-state index in [1.807, 2.05) is 0 Å². The molecular formula is C29H28O. The second kappa shape index (κ2) is 10.4. The summed E-state index contributed by atoms with van der Waals surface area (Å²) in [4.78, 5) is 0. The lowest BCUT2D eigenvalue weighted by Crippen LogP contribution is -1.97. The third-order valence-corrected chi connectivity index (χ3v) is 5.31. The molecule has 0 saturated heterocycles. The van der Waals surface area contributed by atoms with Crippen LogP contribution in [-0.2, 0) is 0 Å². The van der Waals surface area contributed by atoms with Gasteiger partial charge in [0.05, 0.1) is 5.76 Å². The molecule has 2 aromatic carbocycles. The predicted octanol–water partition coefficient (Wildman–Crippen LogP) is 6.98. The lowest BCUT2D eigenvalue weighted by Gasteiger charge is -2.12. The van der Waals surface area contributed by atoms with Gasteiger partial charge in [-0.25, -0.2) is 0 Å². The van der Waals surface area contributed by atoms with E-state index in [9.17, 15) is 5.11 Å². The van der Waals surface area contributed by atoms with Gasteiger partial charge in [-0.3, -0.25) is 0 Å². The molecule has 150 valence electrons. The molecule has 1 fully saturated rings. The van der Waals surface area contributed by atoms with Crippen molar-refractivity contribution in [1.29, 1.82) is 0 Å². The van der Waals surface area contributed by atoms with E-state index >= 15 is 0 Å². The number of aliphatic hydroxyl groups excluding tert-OH is 1. The number of benzene rings is 2. The van der Waals surface area contributed by atoms with Crippen LogP contribution < -0.4 is 0 Å². The summed E-state index contributed by atoms with van der Waals surface area (Å²) in [5.74, 6) is 13.9. The number of rotatable bonds is 3. The van der Waals surface area contributed by atoms with Crippen LogP contribution in [0.15, 0.2) is 78.6 Å². The maximum atomic E-state index is 9.37. The highest BCUT2D eigenvalue weighted by molar-refractivity contribution is 5.54. The van der Waals surface area contributed by atoms with Crippen molar-refractivity contribution in [1.82, 2.24) is 0 Å². The summed E-state index contributed by atoms with van der Waals surface area (Å²) in [6.07, 6.45) is 10.1. The minimum Gasteiger partial charge on any atom is -0.513 e. The van der Waals surface area contributed by atoms with E-state index in [0.29, 0.717) is 5.92 Å². The van der Waals surface area contributed by atoms with Crippen LogP contribution in [0.25, 0.3) is 0 Å². The minimum atomic E-state index is 0.249. The van der Waals surface area contributed by atoms with Gasteiger partial charge in [-0.2, -0.15) is 0 Å². The van der Waals surface area contributed by atoms with Crippen LogP contribution in [0, 0.1) is 30.6 Å². The van der Waals surface area contributed by atoms with Gasteiger partial charge in [0, 0.05) is 22.3 Å². The van der Waals surface area contributed by atoms with Crippen molar-refractivity contribution in [2.75, 3.05) is 0 Å². The highest BCUT2D eigenvalue weighted by Gasteiger charge is 2.19. The molecule has 0 atom stereocenters. The number of hydrogen-bond donors (Lipinski definition) is 1. The van der Waals surface area contributed by atoms with Crippen LogP contribution in [0.5, 0.6) is 0 Å². The van der Waals surface area contributed by atoms with Crippen molar-refractivity contribution in [3.8, 4) is 23.7 Å². The maximum Gasteiger partial charge on any atom is 0.0892 e. The van der Waals surface area contributed by atoms with Gasteiger partial charge < -0.3 is 5.11 Å². The van der Waals surface area contributed by atoms with Gasteiger partial charge in [-0.05, 0) is 80.7 Å². The van der Waals surface area contributed by atoms with Gasteiger partial charge in [-0.1, -0.05) is 66.9 Å². The van der Waals surface area contributed by atoms with E-state index in [4.69, 9.17) is 0 Å². The fourth-order valence-electron chi connectivity index (χ4n) is 3.62. The van der Waals surface area contributed by atoms with Crippen LogP contribution in [-0.4, -0.2) is 5.11 Å². The summed E-state index contributed by atoms with van der Waals surface area (Å²) in [6, 6.07) is 14.7. The molecule has 1 aliphatic rings. The first-order chi connectivity index (χ1) is 14.5. The first-order valence-electron chi connectivity index (χ1n) is 10.5. The van der Waals surface area contributed by atoms with Gasteiger partial charge in [0.25, 0.3) is 0 Å². The zero-order valence-corrected chi connectivity index (χ0v) is 17.8. The van der Waals surface area contributed by atoms with Gasteiger partial charge >= 0.3 is 0 Å². The predicted molar refractivity (Wildman–Crippen MR) is 126 cm³/mol. The van der Waals surface area contributed by atoms with Crippen LogP contribution in [0.4, 0.5) is 0 Å². The third kappa shape index (κ3) is 6.04. The molecule has 2 aromatic rings. The van der Waals surface area contributed by atoms with Crippen LogP contribution in [0.3, 0.4) is 0 Å². The molecule has 0 aromatic heterocycles. The Hall–Kier alpha value is -3.42. The molecule has 1 aliphatic carbocycles. The maximum absolute atomic E-state index is 9.37. The molecule has 1 heteroatoms. The number of allylic oxidation sites excluding steroid dienone is 5. The average Bonchev–Trinajstić information content (AvgIpc) is 3.28. The molecule has 0 amide bonds. The van der Waals surface area contributed by atoms with Crippen molar-refractivity contribution in [3.05, 3.63) is 106 Å². The minimum absolute atomic E-state index is 0.249. The van der Waals surface area contributed by atoms with Gasteiger partial charge in [0.2, 0.25) is 0 Å². The van der Waals surface area contributed by atoms with E-state index in [1.54, 1.807) is 25.2 Å². The van der Waals surface area contributed by atoms with E-state index in [-0.39, 0.29) is 5.76 Å². The summed E-state index contributed by atoms with van der Waals surface area (Å²) in [5.41, 5.74) is 6.43. The lowest BCUT2D eigenvalue weighted by atomic mass is 9.91. The second-order valence-electron chi connectivity index (χ2n) is 7.78. The number of aryl methyl sites for hydroxylation is 1. The summed E-state index contributed by atoms with van der Waals surface area (Å²) >= 11 is 0. The molecule has 3 rings (SSSR count). The first kappa shape index (κ1) is 21.3. The second-order valence-corrected chi connectivity index (χ2v) is 7.78. The van der Waals surface area contributed by atoms with Crippen molar-refractivity contribution in [3.63, 3.8) is 0 Å². The van der Waals surface area contributed by atoms with E-state index in [0.717, 1.165) is 22.3 Å². The smallest absolute Gasteiger partial charge is 0.0892 e. The van der Waals surface area contributed by atoms with E-state index in [2.05, 4.69) is 79.6 Å².